The molecule has 0 aromatic carbocycles. The topological polar surface area (TPSA) is 38.2 Å². The van der Waals surface area contributed by atoms with Crippen molar-refractivity contribution in [2.45, 2.75) is 26.5 Å². The normalized spacial score (nSPS) is 21.6. The molecule has 0 radical (unpaired) electrons. The molecule has 1 atom stereocenters. The first-order valence-electron chi connectivity index (χ1n) is 6.82. The SMILES string of the molecule is C/C=C\C(=C/C)C1CN(Cc2cnc(Cl)nc2)CCO1. The Morgan fingerprint density at radius 1 is 1.45 bits per heavy atom. The molecule has 1 aliphatic heterocycles. The first-order valence-corrected chi connectivity index (χ1v) is 7.20. The second kappa shape index (κ2) is 7.53. The van der Waals surface area contributed by atoms with Crippen LogP contribution < -0.4 is 0 Å². The highest BCUT2D eigenvalue weighted by Crippen LogP contribution is 2.17. The number of ether oxygens (including phenoxy) is 1. The van der Waals surface area contributed by atoms with Crippen LogP contribution in [0.25, 0.3) is 0 Å². The Bertz CT molecular complexity index is 484. The molecule has 108 valence electrons. The number of morpholine rings is 1. The van der Waals surface area contributed by atoms with Crippen molar-refractivity contribution in [2.75, 3.05) is 19.7 Å². The number of hydrogen-bond donors (Lipinski definition) is 0. The van der Waals surface area contributed by atoms with E-state index in [4.69, 9.17) is 16.3 Å². The van der Waals surface area contributed by atoms with Crippen LogP contribution in [0.4, 0.5) is 0 Å². The first-order chi connectivity index (χ1) is 9.72. The van der Waals surface area contributed by atoms with E-state index in [1.807, 2.05) is 19.9 Å². The molecule has 1 aromatic heterocycles. The third-order valence-corrected chi connectivity index (χ3v) is 3.49. The van der Waals surface area contributed by atoms with Crippen molar-refractivity contribution < 1.29 is 4.74 Å². The molecule has 1 aromatic rings. The third kappa shape index (κ3) is 4.13. The number of hydrogen-bond acceptors (Lipinski definition) is 4. The Morgan fingerprint density at radius 2 is 2.20 bits per heavy atom. The van der Waals surface area contributed by atoms with Crippen molar-refractivity contribution in [3.8, 4) is 0 Å². The summed E-state index contributed by atoms with van der Waals surface area (Å²) in [5.41, 5.74) is 2.30. The summed E-state index contributed by atoms with van der Waals surface area (Å²) in [7, 11) is 0. The average Bonchev–Trinajstić information content (AvgIpc) is 2.47. The standard InChI is InChI=1S/C15H20ClN3O/c1-3-5-13(4-2)14-11-19(6-7-20-14)10-12-8-17-15(16)18-9-12/h3-5,8-9,14H,6-7,10-11H2,1-2H3/b5-3-,13-4+. The lowest BCUT2D eigenvalue weighted by molar-refractivity contribution is -0.0107. The minimum atomic E-state index is 0.137. The molecule has 0 bridgehead atoms. The zero-order valence-electron chi connectivity index (χ0n) is 11.9. The van der Waals surface area contributed by atoms with Crippen molar-refractivity contribution in [3.05, 3.63) is 47.0 Å². The van der Waals surface area contributed by atoms with Crippen molar-refractivity contribution in [3.63, 3.8) is 0 Å². The van der Waals surface area contributed by atoms with Gasteiger partial charge in [-0.05, 0) is 31.0 Å². The monoisotopic (exact) mass is 293 g/mol. The number of nitrogens with zero attached hydrogens (tertiary/aromatic N) is 3. The maximum Gasteiger partial charge on any atom is 0.222 e. The molecule has 20 heavy (non-hydrogen) atoms. The minimum absolute atomic E-state index is 0.137. The molecule has 0 amide bonds. The molecule has 5 heteroatoms. The van der Waals surface area contributed by atoms with Crippen LogP contribution in [0.2, 0.25) is 5.28 Å². The summed E-state index contributed by atoms with van der Waals surface area (Å²) in [6.07, 6.45) is 9.97. The molecule has 0 N–H and O–H groups in total. The van der Waals surface area contributed by atoms with Crippen LogP contribution in [-0.4, -0.2) is 40.7 Å². The van der Waals surface area contributed by atoms with Gasteiger partial charge in [0.1, 0.15) is 0 Å². The molecule has 1 fully saturated rings. The highest BCUT2D eigenvalue weighted by atomic mass is 35.5. The number of rotatable bonds is 4. The van der Waals surface area contributed by atoms with E-state index in [9.17, 15) is 0 Å². The summed E-state index contributed by atoms with van der Waals surface area (Å²) >= 11 is 5.70. The molecule has 0 saturated carbocycles. The highest BCUT2D eigenvalue weighted by Gasteiger charge is 2.22. The van der Waals surface area contributed by atoms with Crippen LogP contribution in [0.5, 0.6) is 0 Å². The van der Waals surface area contributed by atoms with E-state index in [1.54, 1.807) is 12.4 Å². The van der Waals surface area contributed by atoms with Gasteiger partial charge < -0.3 is 4.74 Å². The summed E-state index contributed by atoms with van der Waals surface area (Å²) in [6.45, 7) is 7.44. The van der Waals surface area contributed by atoms with Crippen molar-refractivity contribution in [1.29, 1.82) is 0 Å². The van der Waals surface area contributed by atoms with Crippen LogP contribution in [0.1, 0.15) is 19.4 Å². The molecule has 0 spiro atoms. The van der Waals surface area contributed by atoms with Gasteiger partial charge in [0.05, 0.1) is 12.7 Å². The zero-order valence-corrected chi connectivity index (χ0v) is 12.7. The Morgan fingerprint density at radius 3 is 2.85 bits per heavy atom. The molecule has 4 nitrogen and oxygen atoms in total. The number of aromatic nitrogens is 2. The van der Waals surface area contributed by atoms with Gasteiger partial charge in [0, 0.05) is 37.6 Å². The fourth-order valence-corrected chi connectivity index (χ4v) is 2.41. The van der Waals surface area contributed by atoms with Crippen molar-refractivity contribution in [2.24, 2.45) is 0 Å². The molecule has 2 heterocycles. The Kier molecular flexibility index (Phi) is 5.71. The number of halogens is 1. The highest BCUT2D eigenvalue weighted by molar-refractivity contribution is 6.28. The van der Waals surface area contributed by atoms with Gasteiger partial charge in [-0.2, -0.15) is 0 Å². The molecule has 1 saturated heterocycles. The van der Waals surface area contributed by atoms with Gasteiger partial charge in [0.15, 0.2) is 0 Å². The first kappa shape index (κ1) is 15.2. The Balaban J connectivity index is 1.98. The van der Waals surface area contributed by atoms with E-state index in [2.05, 4.69) is 27.0 Å². The van der Waals surface area contributed by atoms with E-state index < -0.39 is 0 Å². The zero-order chi connectivity index (χ0) is 14.4. The second-order valence-electron chi connectivity index (χ2n) is 4.74. The van der Waals surface area contributed by atoms with E-state index in [1.165, 1.54) is 5.57 Å². The van der Waals surface area contributed by atoms with Crippen LogP contribution in [0, 0.1) is 0 Å². The van der Waals surface area contributed by atoms with Crippen molar-refractivity contribution >= 4 is 11.6 Å². The van der Waals surface area contributed by atoms with Crippen LogP contribution in [-0.2, 0) is 11.3 Å². The summed E-state index contributed by atoms with van der Waals surface area (Å²) < 4.78 is 5.86. The minimum Gasteiger partial charge on any atom is -0.371 e. The second-order valence-corrected chi connectivity index (χ2v) is 5.08. The lowest BCUT2D eigenvalue weighted by Crippen LogP contribution is -2.42. The predicted molar refractivity (Wildman–Crippen MR) is 80.6 cm³/mol. The summed E-state index contributed by atoms with van der Waals surface area (Å²) in [5.74, 6) is 0. The fraction of sp³-hybridized carbons (Fsp3) is 0.467. The lowest BCUT2D eigenvalue weighted by Gasteiger charge is -2.33. The van der Waals surface area contributed by atoms with Gasteiger partial charge in [-0.25, -0.2) is 9.97 Å². The maximum absolute atomic E-state index is 5.86. The smallest absolute Gasteiger partial charge is 0.222 e. The van der Waals surface area contributed by atoms with Gasteiger partial charge in [-0.1, -0.05) is 18.2 Å². The summed E-state index contributed by atoms with van der Waals surface area (Å²) in [5, 5.41) is 0.290. The molecular formula is C15H20ClN3O. The van der Waals surface area contributed by atoms with E-state index in [-0.39, 0.29) is 11.4 Å². The van der Waals surface area contributed by atoms with Crippen LogP contribution >= 0.6 is 11.6 Å². The van der Waals surface area contributed by atoms with Gasteiger partial charge in [0.2, 0.25) is 5.28 Å². The molecule has 1 unspecified atom stereocenters. The Labute approximate surface area is 125 Å². The molecule has 0 aliphatic carbocycles. The van der Waals surface area contributed by atoms with E-state index in [0.29, 0.717) is 0 Å². The molecular weight excluding hydrogens is 274 g/mol. The quantitative estimate of drug-likeness (QED) is 0.632. The summed E-state index contributed by atoms with van der Waals surface area (Å²) in [4.78, 5) is 10.4. The summed E-state index contributed by atoms with van der Waals surface area (Å²) in [6, 6.07) is 0. The third-order valence-electron chi connectivity index (χ3n) is 3.29. The van der Waals surface area contributed by atoms with Gasteiger partial charge >= 0.3 is 0 Å². The van der Waals surface area contributed by atoms with Crippen LogP contribution in [0.3, 0.4) is 0 Å². The van der Waals surface area contributed by atoms with Gasteiger partial charge in [-0.3, -0.25) is 4.90 Å². The molecule has 2 rings (SSSR count). The lowest BCUT2D eigenvalue weighted by atomic mass is 10.1. The molecule has 1 aliphatic rings. The average molecular weight is 294 g/mol. The van der Waals surface area contributed by atoms with E-state index >= 15 is 0 Å². The predicted octanol–water partition coefficient (Wildman–Crippen LogP) is 2.85. The van der Waals surface area contributed by atoms with Gasteiger partial charge in [-0.15, -0.1) is 0 Å². The maximum atomic E-state index is 5.86. The van der Waals surface area contributed by atoms with Gasteiger partial charge in [0.25, 0.3) is 0 Å². The van der Waals surface area contributed by atoms with Crippen molar-refractivity contribution in [1.82, 2.24) is 14.9 Å². The largest absolute Gasteiger partial charge is 0.371 e. The number of allylic oxidation sites excluding steroid dienone is 2. The Hall–Kier alpha value is -1.23. The fourth-order valence-electron chi connectivity index (χ4n) is 2.31. The van der Waals surface area contributed by atoms with Crippen LogP contribution in [0.15, 0.2) is 36.2 Å². The van der Waals surface area contributed by atoms with E-state index in [0.717, 1.165) is 31.8 Å².